The summed E-state index contributed by atoms with van der Waals surface area (Å²) in [5.41, 5.74) is 1.39. The van der Waals surface area contributed by atoms with Crippen LogP contribution in [0.5, 0.6) is 0 Å². The fourth-order valence-corrected chi connectivity index (χ4v) is 2.26. The maximum Gasteiger partial charge on any atom is 0.124 e. The molecule has 0 saturated heterocycles. The summed E-state index contributed by atoms with van der Waals surface area (Å²) in [7, 11) is 1.94. The second-order valence-corrected chi connectivity index (χ2v) is 4.50. The van der Waals surface area contributed by atoms with Crippen molar-refractivity contribution in [2.24, 2.45) is 7.05 Å². The summed E-state index contributed by atoms with van der Waals surface area (Å²) in [6.45, 7) is 2.19. The molecule has 0 amide bonds. The smallest absolute Gasteiger partial charge is 0.124 e. The molecule has 0 aromatic carbocycles. The van der Waals surface area contributed by atoms with E-state index >= 15 is 0 Å². The van der Waals surface area contributed by atoms with Gasteiger partial charge >= 0.3 is 0 Å². The van der Waals surface area contributed by atoms with E-state index in [2.05, 4.69) is 34.2 Å². The zero-order valence-electron chi connectivity index (χ0n) is 8.97. The first kappa shape index (κ1) is 10.2. The summed E-state index contributed by atoms with van der Waals surface area (Å²) >= 11 is 1.75. The van der Waals surface area contributed by atoms with Crippen LogP contribution in [0.1, 0.15) is 12.5 Å². The Labute approximate surface area is 93.7 Å². The van der Waals surface area contributed by atoms with Crippen molar-refractivity contribution in [1.82, 2.24) is 9.78 Å². The predicted molar refractivity (Wildman–Crippen MR) is 64.3 cm³/mol. The lowest BCUT2D eigenvalue weighted by Gasteiger charge is -2.14. The highest BCUT2D eigenvalue weighted by atomic mass is 32.1. The highest BCUT2D eigenvalue weighted by Crippen LogP contribution is 2.12. The van der Waals surface area contributed by atoms with Crippen molar-refractivity contribution in [3.8, 4) is 0 Å². The van der Waals surface area contributed by atoms with Gasteiger partial charge in [-0.15, -0.1) is 0 Å². The van der Waals surface area contributed by atoms with Gasteiger partial charge in [-0.25, -0.2) is 0 Å². The normalized spacial score (nSPS) is 12.7. The Balaban J connectivity index is 1.93. The number of nitrogens with zero attached hydrogens (tertiary/aromatic N) is 2. The lowest BCUT2D eigenvalue weighted by Crippen LogP contribution is -2.19. The average molecular weight is 221 g/mol. The molecule has 0 saturated carbocycles. The molecule has 3 nitrogen and oxygen atoms in total. The Morgan fingerprint density at radius 1 is 1.53 bits per heavy atom. The number of rotatable bonds is 4. The van der Waals surface area contributed by atoms with Crippen LogP contribution in [-0.2, 0) is 13.5 Å². The van der Waals surface area contributed by atoms with Gasteiger partial charge in [-0.2, -0.15) is 16.4 Å². The van der Waals surface area contributed by atoms with Crippen molar-refractivity contribution in [3.05, 3.63) is 34.7 Å². The molecule has 1 N–H and O–H groups in total. The first-order chi connectivity index (χ1) is 7.25. The van der Waals surface area contributed by atoms with Crippen molar-refractivity contribution in [3.63, 3.8) is 0 Å². The van der Waals surface area contributed by atoms with E-state index in [-0.39, 0.29) is 0 Å². The minimum absolute atomic E-state index is 0.426. The van der Waals surface area contributed by atoms with Crippen molar-refractivity contribution < 1.29 is 0 Å². The zero-order chi connectivity index (χ0) is 10.7. The highest BCUT2D eigenvalue weighted by Gasteiger charge is 2.05. The largest absolute Gasteiger partial charge is 0.368 e. The maximum absolute atomic E-state index is 4.12. The van der Waals surface area contributed by atoms with Gasteiger partial charge in [0.1, 0.15) is 5.82 Å². The molecule has 0 aliphatic carbocycles. The molecule has 15 heavy (non-hydrogen) atoms. The van der Waals surface area contributed by atoms with E-state index in [1.54, 1.807) is 17.5 Å². The lowest BCUT2D eigenvalue weighted by atomic mass is 10.1. The quantitative estimate of drug-likeness (QED) is 0.859. The Bertz CT molecular complexity index is 405. The van der Waals surface area contributed by atoms with Crippen molar-refractivity contribution >= 4 is 17.2 Å². The Morgan fingerprint density at radius 2 is 2.40 bits per heavy atom. The standard InChI is InChI=1S/C11H15N3S/c1-9(7-10-4-6-15-8-10)13-11-3-5-12-14(11)2/h3-6,8-9,13H,7H2,1-2H3. The van der Waals surface area contributed by atoms with Crippen molar-refractivity contribution in [1.29, 1.82) is 0 Å². The molecule has 1 atom stereocenters. The minimum Gasteiger partial charge on any atom is -0.368 e. The van der Waals surface area contributed by atoms with Gasteiger partial charge in [0.2, 0.25) is 0 Å². The molecule has 0 aliphatic heterocycles. The van der Waals surface area contributed by atoms with Gasteiger partial charge in [0.05, 0.1) is 6.20 Å². The van der Waals surface area contributed by atoms with Crippen LogP contribution in [0.4, 0.5) is 5.82 Å². The molecule has 2 aromatic rings. The Hall–Kier alpha value is -1.29. The number of aromatic nitrogens is 2. The predicted octanol–water partition coefficient (Wildman–Crippen LogP) is 2.52. The lowest BCUT2D eigenvalue weighted by molar-refractivity contribution is 0.730. The van der Waals surface area contributed by atoms with E-state index in [0.717, 1.165) is 12.2 Å². The van der Waals surface area contributed by atoms with Gasteiger partial charge in [0, 0.05) is 19.2 Å². The van der Waals surface area contributed by atoms with Crippen molar-refractivity contribution in [2.75, 3.05) is 5.32 Å². The highest BCUT2D eigenvalue weighted by molar-refractivity contribution is 7.07. The second-order valence-electron chi connectivity index (χ2n) is 3.72. The molecule has 80 valence electrons. The summed E-state index contributed by atoms with van der Waals surface area (Å²) in [5, 5.41) is 11.9. The van der Waals surface area contributed by atoms with Crippen LogP contribution in [-0.4, -0.2) is 15.8 Å². The molecule has 2 rings (SSSR count). The first-order valence-electron chi connectivity index (χ1n) is 5.01. The summed E-state index contributed by atoms with van der Waals surface area (Å²) in [5.74, 6) is 1.07. The monoisotopic (exact) mass is 221 g/mol. The van der Waals surface area contributed by atoms with Gasteiger partial charge in [-0.05, 0) is 35.7 Å². The molecule has 4 heteroatoms. The topological polar surface area (TPSA) is 29.9 Å². The molecule has 0 bridgehead atoms. The third-order valence-corrected chi connectivity index (χ3v) is 3.07. The molecule has 0 spiro atoms. The molecule has 2 heterocycles. The summed E-state index contributed by atoms with van der Waals surface area (Å²) < 4.78 is 1.85. The van der Waals surface area contributed by atoms with E-state index < -0.39 is 0 Å². The third kappa shape index (κ3) is 2.59. The van der Waals surface area contributed by atoms with Crippen LogP contribution in [0, 0.1) is 0 Å². The van der Waals surface area contributed by atoms with E-state index in [1.807, 2.05) is 17.8 Å². The van der Waals surface area contributed by atoms with Crippen LogP contribution in [0.25, 0.3) is 0 Å². The number of aryl methyl sites for hydroxylation is 1. The maximum atomic E-state index is 4.12. The molecule has 1 unspecified atom stereocenters. The van der Waals surface area contributed by atoms with Gasteiger partial charge < -0.3 is 5.32 Å². The molecule has 0 fully saturated rings. The third-order valence-electron chi connectivity index (χ3n) is 2.34. The van der Waals surface area contributed by atoms with Gasteiger partial charge in [-0.1, -0.05) is 0 Å². The zero-order valence-corrected chi connectivity index (χ0v) is 9.79. The molecule has 0 radical (unpaired) electrons. The van der Waals surface area contributed by atoms with E-state index in [9.17, 15) is 0 Å². The number of hydrogen-bond donors (Lipinski definition) is 1. The van der Waals surface area contributed by atoms with Gasteiger partial charge in [-0.3, -0.25) is 4.68 Å². The number of nitrogens with one attached hydrogen (secondary N) is 1. The van der Waals surface area contributed by atoms with Gasteiger partial charge in [0.15, 0.2) is 0 Å². The fraction of sp³-hybridized carbons (Fsp3) is 0.364. The van der Waals surface area contributed by atoms with Crippen LogP contribution in [0.3, 0.4) is 0 Å². The van der Waals surface area contributed by atoms with Crippen LogP contribution in [0.15, 0.2) is 29.1 Å². The van der Waals surface area contributed by atoms with E-state index in [4.69, 9.17) is 0 Å². The Morgan fingerprint density at radius 3 is 3.00 bits per heavy atom. The number of hydrogen-bond acceptors (Lipinski definition) is 3. The van der Waals surface area contributed by atoms with E-state index in [1.165, 1.54) is 5.56 Å². The molecular weight excluding hydrogens is 206 g/mol. The van der Waals surface area contributed by atoms with Gasteiger partial charge in [0.25, 0.3) is 0 Å². The number of thiophene rings is 1. The number of anilines is 1. The molecular formula is C11H15N3S. The van der Waals surface area contributed by atoms with Crippen LogP contribution < -0.4 is 5.32 Å². The first-order valence-corrected chi connectivity index (χ1v) is 5.95. The molecule has 2 aromatic heterocycles. The van der Waals surface area contributed by atoms with Crippen molar-refractivity contribution in [2.45, 2.75) is 19.4 Å². The van der Waals surface area contributed by atoms with Crippen LogP contribution in [0.2, 0.25) is 0 Å². The van der Waals surface area contributed by atoms with E-state index in [0.29, 0.717) is 6.04 Å². The Kier molecular flexibility index (Phi) is 3.06. The average Bonchev–Trinajstić information content (AvgIpc) is 2.79. The molecule has 0 aliphatic rings. The fourth-order valence-electron chi connectivity index (χ4n) is 1.58. The minimum atomic E-state index is 0.426. The second kappa shape index (κ2) is 4.49. The summed E-state index contributed by atoms with van der Waals surface area (Å²) in [6.07, 6.45) is 2.86. The summed E-state index contributed by atoms with van der Waals surface area (Å²) in [4.78, 5) is 0. The SMILES string of the molecule is CC(Cc1ccsc1)Nc1ccnn1C. The summed E-state index contributed by atoms with van der Waals surface area (Å²) in [6, 6.07) is 4.59. The van der Waals surface area contributed by atoms with Crippen LogP contribution >= 0.6 is 11.3 Å².